The van der Waals surface area contributed by atoms with Crippen molar-refractivity contribution >= 4 is 33.6 Å². The summed E-state index contributed by atoms with van der Waals surface area (Å²) in [6.45, 7) is 1.93. The van der Waals surface area contributed by atoms with Gasteiger partial charge in [-0.2, -0.15) is 0 Å². The summed E-state index contributed by atoms with van der Waals surface area (Å²) in [6.07, 6.45) is 5.32. The molecule has 1 aliphatic rings. The number of nitrogens with one attached hydrogen (secondary N) is 2. The summed E-state index contributed by atoms with van der Waals surface area (Å²) >= 11 is 1.08. The fourth-order valence-corrected chi connectivity index (χ4v) is 7.47. The average Bonchev–Trinajstić information content (AvgIpc) is 3.48. The molecule has 11 heteroatoms. The molecule has 1 heterocycles. The van der Waals surface area contributed by atoms with E-state index < -0.39 is 6.09 Å². The van der Waals surface area contributed by atoms with Crippen LogP contribution in [0, 0.1) is 5.82 Å². The maximum atomic E-state index is 14.2. The highest BCUT2D eigenvalue weighted by Crippen LogP contribution is 2.28. The van der Waals surface area contributed by atoms with Gasteiger partial charge in [0.15, 0.2) is 0 Å². The zero-order valence-electron chi connectivity index (χ0n) is 26.5. The van der Waals surface area contributed by atoms with Crippen LogP contribution in [0.25, 0.3) is 10.2 Å². The van der Waals surface area contributed by atoms with Crippen LogP contribution in [0.3, 0.4) is 0 Å². The van der Waals surface area contributed by atoms with Crippen LogP contribution in [0.4, 0.5) is 9.18 Å². The number of carbonyl (C=O) groups excluding carboxylic acids is 1. The molecule has 0 bridgehead atoms. The monoisotopic (exact) mass is 662 g/mol. The van der Waals surface area contributed by atoms with Crippen LogP contribution in [0.2, 0.25) is 0 Å². The highest BCUT2D eigenvalue weighted by Gasteiger charge is 2.27. The van der Waals surface area contributed by atoms with Crippen molar-refractivity contribution in [1.82, 2.24) is 20.1 Å². The number of aromatic hydroxyl groups is 1. The molecule has 0 radical (unpaired) electrons. The second kappa shape index (κ2) is 16.6. The molecule has 0 aliphatic heterocycles. The molecule has 1 fully saturated rings. The first-order chi connectivity index (χ1) is 22.8. The minimum absolute atomic E-state index is 0.0545. The molecule has 3 aromatic carbocycles. The van der Waals surface area contributed by atoms with Gasteiger partial charge in [-0.3, -0.25) is 9.59 Å². The zero-order valence-corrected chi connectivity index (χ0v) is 27.3. The van der Waals surface area contributed by atoms with Crippen LogP contribution < -0.4 is 10.2 Å². The summed E-state index contributed by atoms with van der Waals surface area (Å²) in [4.78, 5) is 43.7. The third-order valence-corrected chi connectivity index (χ3v) is 9.99. The van der Waals surface area contributed by atoms with Crippen molar-refractivity contribution in [2.24, 2.45) is 0 Å². The number of amides is 2. The molecule has 47 heavy (non-hydrogen) atoms. The van der Waals surface area contributed by atoms with E-state index in [1.807, 2.05) is 47.4 Å². The molecular formula is C36H43FN4O5S. The Bertz CT molecular complexity index is 1690. The molecule has 1 atom stereocenters. The lowest BCUT2D eigenvalue weighted by Crippen LogP contribution is -2.46. The molecule has 1 aliphatic carbocycles. The van der Waals surface area contributed by atoms with E-state index >= 15 is 0 Å². The van der Waals surface area contributed by atoms with Gasteiger partial charge in [-0.05, 0) is 67.1 Å². The van der Waals surface area contributed by atoms with Gasteiger partial charge in [-0.1, -0.05) is 79.1 Å². The third-order valence-electron chi connectivity index (χ3n) is 9.03. The maximum Gasteiger partial charge on any atom is 0.407 e. The van der Waals surface area contributed by atoms with E-state index in [1.54, 1.807) is 12.1 Å². The summed E-state index contributed by atoms with van der Waals surface area (Å²) in [5.74, 6) is -0.654. The Hall–Kier alpha value is -4.22. The van der Waals surface area contributed by atoms with Gasteiger partial charge in [0.05, 0.1) is 4.70 Å². The fourth-order valence-electron chi connectivity index (χ4n) is 6.57. The normalized spacial score (nSPS) is 14.2. The van der Waals surface area contributed by atoms with Crippen LogP contribution in [0.15, 0.2) is 71.5 Å². The van der Waals surface area contributed by atoms with Crippen molar-refractivity contribution in [1.29, 1.82) is 0 Å². The number of hydrogen-bond donors (Lipinski definition) is 4. The lowest BCUT2D eigenvalue weighted by atomic mass is 9.91. The Morgan fingerprint density at radius 2 is 1.79 bits per heavy atom. The van der Waals surface area contributed by atoms with Crippen LogP contribution in [0.5, 0.6) is 5.75 Å². The van der Waals surface area contributed by atoms with Gasteiger partial charge in [-0.25, -0.2) is 9.18 Å². The lowest BCUT2D eigenvalue weighted by molar-refractivity contribution is -0.134. The average molecular weight is 663 g/mol. The molecule has 4 N–H and O–H groups in total. The van der Waals surface area contributed by atoms with Gasteiger partial charge in [0.1, 0.15) is 17.1 Å². The van der Waals surface area contributed by atoms with Crippen molar-refractivity contribution < 1.29 is 24.2 Å². The first-order valence-electron chi connectivity index (χ1n) is 16.4. The smallest absolute Gasteiger partial charge is 0.407 e. The van der Waals surface area contributed by atoms with Crippen molar-refractivity contribution in [3.63, 3.8) is 0 Å². The standard InChI is InChI=1S/C36H43FN4O5S/c37-29-11-7-10-27(23-29)28(22-25-8-3-1-4-9-25)24-40(36(45)46)20-17-32(43)41(30-12-5-2-6-13-30)21-19-38-18-16-26-14-15-31(42)33-34(26)47-35(44)39-33/h1,3-4,7-11,14-15,23,28,30,38,42H,2,5-6,12-13,16-22,24H2,(H,39,44)(H,45,46). The molecule has 0 spiro atoms. The fraction of sp³-hybridized carbons (Fsp3) is 0.417. The Morgan fingerprint density at radius 1 is 1.00 bits per heavy atom. The largest absolute Gasteiger partial charge is 0.506 e. The van der Waals surface area contributed by atoms with Crippen LogP contribution >= 0.6 is 11.3 Å². The minimum Gasteiger partial charge on any atom is -0.506 e. The van der Waals surface area contributed by atoms with Gasteiger partial charge in [-0.15, -0.1) is 0 Å². The molecule has 5 rings (SSSR count). The molecule has 9 nitrogen and oxygen atoms in total. The van der Waals surface area contributed by atoms with E-state index in [1.165, 1.54) is 17.0 Å². The van der Waals surface area contributed by atoms with Crippen molar-refractivity contribution in [3.05, 3.63) is 98.9 Å². The van der Waals surface area contributed by atoms with E-state index in [9.17, 15) is 29.0 Å². The number of nitrogens with zero attached hydrogens (tertiary/aromatic N) is 2. The summed E-state index contributed by atoms with van der Waals surface area (Å²) in [5, 5.41) is 23.6. The number of thiazole rings is 1. The molecule has 2 amide bonds. The van der Waals surface area contributed by atoms with E-state index in [4.69, 9.17) is 0 Å². The third kappa shape index (κ3) is 9.42. The number of benzene rings is 3. The molecule has 250 valence electrons. The highest BCUT2D eigenvalue weighted by molar-refractivity contribution is 7.16. The van der Waals surface area contributed by atoms with Crippen LogP contribution in [-0.4, -0.2) is 75.8 Å². The number of phenols is 1. The number of carboxylic acid groups (broad SMARTS) is 1. The molecule has 1 aromatic heterocycles. The lowest BCUT2D eigenvalue weighted by Gasteiger charge is -2.35. The number of carbonyl (C=O) groups is 2. The summed E-state index contributed by atoms with van der Waals surface area (Å²) in [5.41, 5.74) is 3.17. The van der Waals surface area contributed by atoms with Gasteiger partial charge in [0.2, 0.25) is 5.91 Å². The SMILES string of the molecule is O=C(O)N(CCC(=O)N(CCNCCc1ccc(O)c2[nH]c(=O)sc12)C1CCCCC1)CC(Cc1ccccc1)c1cccc(F)c1. The van der Waals surface area contributed by atoms with Crippen molar-refractivity contribution in [2.45, 2.75) is 63.3 Å². The molecule has 4 aromatic rings. The van der Waals surface area contributed by atoms with Gasteiger partial charge in [0, 0.05) is 44.6 Å². The minimum atomic E-state index is -1.10. The number of H-pyrrole nitrogens is 1. The Balaban J connectivity index is 1.20. The van der Waals surface area contributed by atoms with Crippen molar-refractivity contribution in [2.75, 3.05) is 32.7 Å². The molecule has 0 saturated heterocycles. The van der Waals surface area contributed by atoms with Gasteiger partial charge >= 0.3 is 11.0 Å². The number of rotatable bonds is 15. The van der Waals surface area contributed by atoms with Crippen LogP contribution in [-0.2, 0) is 17.6 Å². The quantitative estimate of drug-likeness (QED) is 0.114. The number of hydrogen-bond acceptors (Lipinski definition) is 6. The summed E-state index contributed by atoms with van der Waals surface area (Å²) < 4.78 is 14.9. The maximum absolute atomic E-state index is 14.2. The Kier molecular flexibility index (Phi) is 12.0. The second-order valence-electron chi connectivity index (χ2n) is 12.3. The molecule has 1 unspecified atom stereocenters. The Morgan fingerprint density at radius 3 is 2.53 bits per heavy atom. The number of aromatic amines is 1. The van der Waals surface area contributed by atoms with Crippen LogP contribution in [0.1, 0.15) is 61.1 Å². The second-order valence-corrected chi connectivity index (χ2v) is 13.2. The van der Waals surface area contributed by atoms with Gasteiger partial charge < -0.3 is 30.3 Å². The number of phenolic OH excluding ortho intramolecular Hbond substituents is 1. The number of fused-ring (bicyclic) bond motifs is 1. The number of halogens is 1. The topological polar surface area (TPSA) is 126 Å². The zero-order chi connectivity index (χ0) is 33.2. The van der Waals surface area contributed by atoms with E-state index in [-0.39, 0.29) is 53.8 Å². The number of aromatic nitrogens is 1. The molecule has 1 saturated carbocycles. The van der Waals surface area contributed by atoms with E-state index in [0.717, 1.165) is 64.8 Å². The van der Waals surface area contributed by atoms with E-state index in [2.05, 4.69) is 10.3 Å². The highest BCUT2D eigenvalue weighted by atomic mass is 32.1. The van der Waals surface area contributed by atoms with E-state index in [0.29, 0.717) is 38.0 Å². The van der Waals surface area contributed by atoms with Crippen molar-refractivity contribution in [3.8, 4) is 5.75 Å². The summed E-state index contributed by atoms with van der Waals surface area (Å²) in [6, 6.07) is 19.6. The van der Waals surface area contributed by atoms with Gasteiger partial charge in [0.25, 0.3) is 0 Å². The summed E-state index contributed by atoms with van der Waals surface area (Å²) in [7, 11) is 0. The Labute approximate surface area is 278 Å². The first-order valence-corrected chi connectivity index (χ1v) is 17.2. The predicted molar refractivity (Wildman–Crippen MR) is 183 cm³/mol. The first kappa shape index (κ1) is 34.1. The predicted octanol–water partition coefficient (Wildman–Crippen LogP) is 6.12. The molecular weight excluding hydrogens is 619 g/mol.